The summed E-state index contributed by atoms with van der Waals surface area (Å²) in [4.78, 5) is 9.42. The van der Waals surface area contributed by atoms with Crippen LogP contribution in [0.4, 0.5) is 0 Å². The number of nitrogens with one attached hydrogen (secondary N) is 1. The molecule has 2 heterocycles. The van der Waals surface area contributed by atoms with Crippen LogP contribution in [0.3, 0.4) is 0 Å². The second-order valence-electron chi connectivity index (χ2n) is 7.21. The minimum absolute atomic E-state index is 0.633. The molecule has 1 aromatic carbocycles. The van der Waals surface area contributed by atoms with Crippen molar-refractivity contribution < 1.29 is 9.47 Å². The molecule has 2 aliphatic heterocycles. The van der Waals surface area contributed by atoms with Crippen LogP contribution in [0.25, 0.3) is 0 Å². The summed E-state index contributed by atoms with van der Waals surface area (Å²) in [6, 6.07) is 11.1. The van der Waals surface area contributed by atoms with Gasteiger partial charge in [-0.2, -0.15) is 0 Å². The van der Waals surface area contributed by atoms with Crippen LogP contribution in [-0.4, -0.2) is 88.0 Å². The van der Waals surface area contributed by atoms with Crippen LogP contribution in [0.1, 0.15) is 18.4 Å². The molecule has 0 amide bonds. The van der Waals surface area contributed by atoms with E-state index in [2.05, 4.69) is 44.4 Å². The monoisotopic (exact) mass is 374 g/mol. The average molecular weight is 375 g/mol. The van der Waals surface area contributed by atoms with Crippen molar-refractivity contribution in [3.05, 3.63) is 35.9 Å². The number of ether oxygens (including phenoxy) is 2. The molecular weight excluding hydrogens is 340 g/mol. The normalized spacial score (nSPS) is 21.6. The zero-order valence-corrected chi connectivity index (χ0v) is 16.6. The Hall–Kier alpha value is -1.63. The Kier molecular flexibility index (Phi) is 8.39. The number of hydrogen-bond acceptors (Lipinski definition) is 4. The largest absolute Gasteiger partial charge is 0.381 e. The molecule has 0 spiro atoms. The molecule has 0 bridgehead atoms. The molecule has 1 aromatic rings. The minimum Gasteiger partial charge on any atom is -0.381 e. The van der Waals surface area contributed by atoms with E-state index in [-0.39, 0.29) is 0 Å². The Labute approximate surface area is 163 Å². The van der Waals surface area contributed by atoms with Crippen LogP contribution >= 0.6 is 0 Å². The molecule has 0 aromatic heterocycles. The van der Waals surface area contributed by atoms with Gasteiger partial charge in [0.05, 0.1) is 19.8 Å². The predicted octanol–water partition coefficient (Wildman–Crippen LogP) is 1.62. The smallest absolute Gasteiger partial charge is 0.193 e. The topological polar surface area (TPSA) is 49.3 Å². The van der Waals surface area contributed by atoms with E-state index in [0.29, 0.717) is 6.04 Å². The zero-order chi connectivity index (χ0) is 18.7. The molecule has 0 radical (unpaired) electrons. The van der Waals surface area contributed by atoms with Gasteiger partial charge in [-0.05, 0) is 24.8 Å². The van der Waals surface area contributed by atoms with E-state index in [1.54, 1.807) is 0 Å². The van der Waals surface area contributed by atoms with Gasteiger partial charge in [-0.15, -0.1) is 0 Å². The lowest BCUT2D eigenvalue weighted by Gasteiger charge is -2.32. The van der Waals surface area contributed by atoms with E-state index in [1.807, 2.05) is 13.1 Å². The third-order valence-corrected chi connectivity index (χ3v) is 5.36. The number of hydrogen-bond donors (Lipinski definition) is 1. The Morgan fingerprint density at radius 1 is 1.19 bits per heavy atom. The van der Waals surface area contributed by atoms with Crippen molar-refractivity contribution in [2.75, 3.05) is 66.2 Å². The maximum absolute atomic E-state index is 5.76. The van der Waals surface area contributed by atoms with Gasteiger partial charge in [0, 0.05) is 52.4 Å². The average Bonchev–Trinajstić information content (AvgIpc) is 3.21. The first-order valence-corrected chi connectivity index (χ1v) is 10.3. The van der Waals surface area contributed by atoms with Crippen molar-refractivity contribution in [2.45, 2.75) is 25.3 Å². The molecule has 2 fully saturated rings. The lowest BCUT2D eigenvalue weighted by atomic mass is 10.2. The third-order valence-electron chi connectivity index (χ3n) is 5.36. The van der Waals surface area contributed by atoms with E-state index >= 15 is 0 Å². The lowest BCUT2D eigenvalue weighted by molar-refractivity contribution is 0.0195. The Balaban J connectivity index is 1.27. The van der Waals surface area contributed by atoms with Crippen LogP contribution < -0.4 is 5.32 Å². The molecule has 0 aliphatic carbocycles. The van der Waals surface area contributed by atoms with Crippen LogP contribution in [0.5, 0.6) is 0 Å². The first-order valence-electron chi connectivity index (χ1n) is 10.3. The lowest BCUT2D eigenvalue weighted by Crippen LogP contribution is -2.46. The summed E-state index contributed by atoms with van der Waals surface area (Å²) in [5.74, 6) is 1.02. The molecule has 150 valence electrons. The molecule has 2 saturated heterocycles. The molecular formula is C21H34N4O2. The van der Waals surface area contributed by atoms with Crippen LogP contribution in [0, 0.1) is 0 Å². The summed E-state index contributed by atoms with van der Waals surface area (Å²) in [5, 5.41) is 3.50. The van der Waals surface area contributed by atoms with Crippen LogP contribution in [-0.2, 0) is 15.9 Å². The van der Waals surface area contributed by atoms with E-state index in [0.717, 1.165) is 78.0 Å². The fourth-order valence-corrected chi connectivity index (χ4v) is 3.82. The van der Waals surface area contributed by atoms with Crippen molar-refractivity contribution in [3.63, 3.8) is 0 Å². The second kappa shape index (κ2) is 11.3. The molecule has 6 heteroatoms. The van der Waals surface area contributed by atoms with Crippen molar-refractivity contribution in [2.24, 2.45) is 4.99 Å². The summed E-state index contributed by atoms with van der Waals surface area (Å²) < 4.78 is 11.2. The minimum atomic E-state index is 0.633. The number of guanidine groups is 1. The van der Waals surface area contributed by atoms with Gasteiger partial charge in [0.1, 0.15) is 0 Å². The van der Waals surface area contributed by atoms with E-state index in [1.165, 1.54) is 12.0 Å². The van der Waals surface area contributed by atoms with Gasteiger partial charge in [0.15, 0.2) is 5.96 Å². The molecule has 27 heavy (non-hydrogen) atoms. The number of likely N-dealkylation sites (tertiary alicyclic amines) is 1. The molecule has 1 unspecified atom stereocenters. The summed E-state index contributed by atoms with van der Waals surface area (Å²) in [7, 11) is 1.88. The molecule has 1 atom stereocenters. The van der Waals surface area contributed by atoms with Gasteiger partial charge in [-0.1, -0.05) is 30.3 Å². The maximum Gasteiger partial charge on any atom is 0.193 e. The molecule has 6 nitrogen and oxygen atoms in total. The Morgan fingerprint density at radius 3 is 2.78 bits per heavy atom. The molecule has 2 aliphatic rings. The molecule has 3 rings (SSSR count). The standard InChI is InChI=1S/C21H34N4O2/c1-22-21(25-11-8-20(18-25)24-12-16-27-17-13-24)23-10-5-14-26-15-9-19-6-3-2-4-7-19/h2-4,6-7,20H,5,8-18H2,1H3,(H,22,23). The Morgan fingerprint density at radius 2 is 2.00 bits per heavy atom. The van der Waals surface area contributed by atoms with Crippen LogP contribution in [0.15, 0.2) is 35.3 Å². The van der Waals surface area contributed by atoms with E-state index < -0.39 is 0 Å². The van der Waals surface area contributed by atoms with Gasteiger partial charge < -0.3 is 19.7 Å². The van der Waals surface area contributed by atoms with Gasteiger partial charge >= 0.3 is 0 Å². The first-order chi connectivity index (χ1) is 13.4. The third kappa shape index (κ3) is 6.48. The van der Waals surface area contributed by atoms with Gasteiger partial charge in [-0.3, -0.25) is 9.89 Å². The second-order valence-corrected chi connectivity index (χ2v) is 7.21. The van der Waals surface area contributed by atoms with Crippen molar-refractivity contribution >= 4 is 5.96 Å². The van der Waals surface area contributed by atoms with Crippen LogP contribution in [0.2, 0.25) is 0 Å². The summed E-state index contributed by atoms with van der Waals surface area (Å²) >= 11 is 0. The number of rotatable bonds is 8. The van der Waals surface area contributed by atoms with E-state index in [4.69, 9.17) is 9.47 Å². The fraction of sp³-hybridized carbons (Fsp3) is 0.667. The molecule has 0 saturated carbocycles. The van der Waals surface area contributed by atoms with Crippen molar-refractivity contribution in [3.8, 4) is 0 Å². The quantitative estimate of drug-likeness (QED) is 0.426. The number of morpholine rings is 1. The highest BCUT2D eigenvalue weighted by Gasteiger charge is 2.30. The zero-order valence-electron chi connectivity index (χ0n) is 16.6. The van der Waals surface area contributed by atoms with E-state index in [9.17, 15) is 0 Å². The fourth-order valence-electron chi connectivity index (χ4n) is 3.82. The van der Waals surface area contributed by atoms with Gasteiger partial charge in [0.25, 0.3) is 0 Å². The van der Waals surface area contributed by atoms with Crippen molar-refractivity contribution in [1.82, 2.24) is 15.1 Å². The number of benzene rings is 1. The maximum atomic E-state index is 5.76. The van der Waals surface area contributed by atoms with Gasteiger partial charge in [0.2, 0.25) is 0 Å². The Bertz CT molecular complexity index is 561. The summed E-state index contributed by atoms with van der Waals surface area (Å²) in [5.41, 5.74) is 1.33. The van der Waals surface area contributed by atoms with Gasteiger partial charge in [-0.25, -0.2) is 0 Å². The number of aliphatic imine (C=N–C) groups is 1. The highest BCUT2D eigenvalue weighted by atomic mass is 16.5. The summed E-state index contributed by atoms with van der Waals surface area (Å²) in [6.07, 6.45) is 3.19. The van der Waals surface area contributed by atoms with Crippen molar-refractivity contribution in [1.29, 1.82) is 0 Å². The number of nitrogens with zero attached hydrogens (tertiary/aromatic N) is 3. The molecule has 1 N–H and O–H groups in total. The highest BCUT2D eigenvalue weighted by Crippen LogP contribution is 2.17. The highest BCUT2D eigenvalue weighted by molar-refractivity contribution is 5.80. The summed E-state index contributed by atoms with van der Waals surface area (Å²) in [6.45, 7) is 8.47. The SMILES string of the molecule is CN=C(NCCCOCCc1ccccc1)N1CCC(N2CCOCC2)C1. The predicted molar refractivity (Wildman–Crippen MR) is 109 cm³/mol. The first kappa shape index (κ1) is 20.1.